The minimum Gasteiger partial charge on any atom is -0.465 e. The Bertz CT molecular complexity index is 749. The summed E-state index contributed by atoms with van der Waals surface area (Å²) in [5, 5.41) is 0. The molecule has 4 nitrogen and oxygen atoms in total. The highest BCUT2D eigenvalue weighted by Crippen LogP contribution is 2.33. The van der Waals surface area contributed by atoms with E-state index in [-0.39, 0.29) is 11.9 Å². The highest BCUT2D eigenvalue weighted by Gasteiger charge is 2.19. The molecule has 2 aromatic carbocycles. The lowest BCUT2D eigenvalue weighted by Gasteiger charge is -2.16. The van der Waals surface area contributed by atoms with Crippen molar-refractivity contribution in [2.45, 2.75) is 27.7 Å². The molecule has 0 N–H and O–H groups in total. The van der Waals surface area contributed by atoms with Gasteiger partial charge < -0.3 is 9.47 Å². The Hall–Kier alpha value is -2.62. The van der Waals surface area contributed by atoms with E-state index in [0.29, 0.717) is 11.1 Å². The van der Waals surface area contributed by atoms with Crippen LogP contribution in [0.5, 0.6) is 0 Å². The molecule has 0 amide bonds. The smallest absolute Gasteiger partial charge is 0.338 e. The summed E-state index contributed by atoms with van der Waals surface area (Å²) in [5.41, 5.74) is 6.48. The van der Waals surface area contributed by atoms with Crippen molar-refractivity contribution in [3.63, 3.8) is 0 Å². The Labute approximate surface area is 142 Å². The van der Waals surface area contributed by atoms with Crippen molar-refractivity contribution in [2.75, 3.05) is 14.2 Å². The molecule has 0 atom stereocenters. The fourth-order valence-corrected chi connectivity index (χ4v) is 2.92. The van der Waals surface area contributed by atoms with Crippen LogP contribution in [-0.2, 0) is 9.47 Å². The molecule has 0 aliphatic rings. The lowest BCUT2D eigenvalue weighted by atomic mass is 9.88. The van der Waals surface area contributed by atoms with Crippen LogP contribution < -0.4 is 0 Å². The van der Waals surface area contributed by atoms with Crippen molar-refractivity contribution in [1.29, 1.82) is 0 Å². The number of hydrogen-bond donors (Lipinski definition) is 0. The number of ether oxygens (including phenoxy) is 2. The zero-order chi connectivity index (χ0) is 18.0. The number of aryl methyl sites for hydroxylation is 2. The summed E-state index contributed by atoms with van der Waals surface area (Å²) in [6, 6.07) is 7.67. The number of rotatable bonds is 3. The van der Waals surface area contributed by atoms with Crippen LogP contribution in [0.3, 0.4) is 0 Å². The largest absolute Gasteiger partial charge is 0.465 e. The summed E-state index contributed by atoms with van der Waals surface area (Å²) >= 11 is 0. The first-order valence-electron chi connectivity index (χ1n) is 7.69. The normalized spacial score (nSPS) is 10.4. The quantitative estimate of drug-likeness (QED) is 0.795. The second-order valence-electron chi connectivity index (χ2n) is 5.95. The maximum atomic E-state index is 12.0. The van der Waals surface area contributed by atoms with Crippen molar-refractivity contribution in [3.05, 3.63) is 57.6 Å². The third-order valence-corrected chi connectivity index (χ3v) is 4.20. The second-order valence-corrected chi connectivity index (χ2v) is 5.95. The number of esters is 2. The van der Waals surface area contributed by atoms with Gasteiger partial charge in [-0.1, -0.05) is 12.1 Å². The molecule has 126 valence electrons. The van der Waals surface area contributed by atoms with Crippen LogP contribution in [0.1, 0.15) is 43.0 Å². The van der Waals surface area contributed by atoms with Gasteiger partial charge in [-0.15, -0.1) is 0 Å². The molecule has 2 rings (SSSR count). The van der Waals surface area contributed by atoms with Crippen molar-refractivity contribution in [2.24, 2.45) is 0 Å². The van der Waals surface area contributed by atoms with Crippen LogP contribution in [-0.4, -0.2) is 26.2 Å². The van der Waals surface area contributed by atoms with E-state index in [1.807, 2.05) is 52.0 Å². The number of benzene rings is 2. The number of methoxy groups -OCH3 is 2. The van der Waals surface area contributed by atoms with E-state index in [4.69, 9.17) is 9.47 Å². The molecule has 0 spiro atoms. The molecule has 0 aliphatic carbocycles. The molecule has 4 heteroatoms. The van der Waals surface area contributed by atoms with Crippen molar-refractivity contribution >= 4 is 11.9 Å². The zero-order valence-corrected chi connectivity index (χ0v) is 14.9. The Morgan fingerprint density at radius 1 is 0.667 bits per heavy atom. The number of carbonyl (C=O) groups excluding carboxylic acids is 2. The van der Waals surface area contributed by atoms with Gasteiger partial charge in [-0.3, -0.25) is 0 Å². The van der Waals surface area contributed by atoms with Gasteiger partial charge in [-0.05, 0) is 73.2 Å². The van der Waals surface area contributed by atoms with Crippen LogP contribution in [0.25, 0.3) is 11.1 Å². The highest BCUT2D eigenvalue weighted by atomic mass is 16.5. The van der Waals surface area contributed by atoms with Gasteiger partial charge in [0.1, 0.15) is 0 Å². The predicted molar refractivity (Wildman–Crippen MR) is 93.5 cm³/mol. The summed E-state index contributed by atoms with van der Waals surface area (Å²) in [6.45, 7) is 7.64. The third-order valence-electron chi connectivity index (χ3n) is 4.20. The van der Waals surface area contributed by atoms with Gasteiger partial charge in [0.25, 0.3) is 0 Å². The van der Waals surface area contributed by atoms with Crippen molar-refractivity contribution < 1.29 is 19.1 Å². The van der Waals surface area contributed by atoms with Gasteiger partial charge in [-0.25, -0.2) is 9.59 Å². The molecule has 0 aromatic heterocycles. The Morgan fingerprint density at radius 3 is 1.29 bits per heavy atom. The predicted octanol–water partition coefficient (Wildman–Crippen LogP) is 4.16. The summed E-state index contributed by atoms with van der Waals surface area (Å²) < 4.78 is 9.77. The van der Waals surface area contributed by atoms with Gasteiger partial charge in [0, 0.05) is 0 Å². The van der Waals surface area contributed by atoms with E-state index in [0.717, 1.165) is 33.4 Å². The maximum absolute atomic E-state index is 12.0. The molecule has 2 aromatic rings. The summed E-state index contributed by atoms with van der Waals surface area (Å²) in [7, 11) is 2.74. The molecule has 24 heavy (non-hydrogen) atoms. The number of hydrogen-bond acceptors (Lipinski definition) is 4. The fourth-order valence-electron chi connectivity index (χ4n) is 2.92. The molecule has 0 saturated carbocycles. The molecule has 0 saturated heterocycles. The fraction of sp³-hybridized carbons (Fsp3) is 0.300. The molecule has 0 bridgehead atoms. The third kappa shape index (κ3) is 3.18. The van der Waals surface area contributed by atoms with Gasteiger partial charge in [0.05, 0.1) is 25.3 Å². The van der Waals surface area contributed by atoms with E-state index in [9.17, 15) is 9.59 Å². The molecule has 0 fully saturated rings. The first-order valence-corrected chi connectivity index (χ1v) is 7.69. The van der Waals surface area contributed by atoms with E-state index >= 15 is 0 Å². The maximum Gasteiger partial charge on any atom is 0.338 e. The molecule has 0 unspecified atom stereocenters. The van der Waals surface area contributed by atoms with E-state index in [1.54, 1.807) is 0 Å². The van der Waals surface area contributed by atoms with Crippen LogP contribution >= 0.6 is 0 Å². The lowest BCUT2D eigenvalue weighted by molar-refractivity contribution is 0.0590. The molecule has 0 aliphatic heterocycles. The van der Waals surface area contributed by atoms with Gasteiger partial charge in [0.15, 0.2) is 0 Å². The monoisotopic (exact) mass is 326 g/mol. The standard InChI is InChI=1S/C20H22O4/c1-11-7-15(13(3)17(9-11)19(21)23-5)16-8-12(2)10-18(14(16)4)20(22)24-6/h7-10H,1-6H3. The molecule has 0 radical (unpaired) electrons. The minimum atomic E-state index is -0.365. The Balaban J connectivity index is 2.78. The van der Waals surface area contributed by atoms with Crippen LogP contribution in [0.2, 0.25) is 0 Å². The van der Waals surface area contributed by atoms with E-state index in [1.165, 1.54) is 14.2 Å². The zero-order valence-electron chi connectivity index (χ0n) is 14.9. The SMILES string of the molecule is COC(=O)c1cc(C)cc(-c2cc(C)cc(C(=O)OC)c2C)c1C. The Morgan fingerprint density at radius 2 is 1.00 bits per heavy atom. The first-order chi connectivity index (χ1) is 11.3. The lowest BCUT2D eigenvalue weighted by Crippen LogP contribution is -2.08. The summed E-state index contributed by atoms with van der Waals surface area (Å²) in [5.74, 6) is -0.730. The summed E-state index contributed by atoms with van der Waals surface area (Å²) in [6.07, 6.45) is 0. The highest BCUT2D eigenvalue weighted by molar-refractivity contribution is 5.96. The van der Waals surface area contributed by atoms with Crippen LogP contribution in [0.4, 0.5) is 0 Å². The summed E-state index contributed by atoms with van der Waals surface area (Å²) in [4.78, 5) is 24.1. The topological polar surface area (TPSA) is 52.6 Å². The first kappa shape index (κ1) is 17.7. The van der Waals surface area contributed by atoms with Gasteiger partial charge in [-0.2, -0.15) is 0 Å². The minimum absolute atomic E-state index is 0.365. The molecule has 0 heterocycles. The van der Waals surface area contributed by atoms with Gasteiger partial charge >= 0.3 is 11.9 Å². The average Bonchev–Trinajstić information content (AvgIpc) is 2.56. The second kappa shape index (κ2) is 6.87. The van der Waals surface area contributed by atoms with E-state index in [2.05, 4.69) is 0 Å². The van der Waals surface area contributed by atoms with Crippen LogP contribution in [0, 0.1) is 27.7 Å². The van der Waals surface area contributed by atoms with E-state index < -0.39 is 0 Å². The average molecular weight is 326 g/mol. The van der Waals surface area contributed by atoms with Crippen molar-refractivity contribution in [1.82, 2.24) is 0 Å². The van der Waals surface area contributed by atoms with Crippen LogP contribution in [0.15, 0.2) is 24.3 Å². The Kier molecular flexibility index (Phi) is 5.07. The molecular formula is C20H22O4. The van der Waals surface area contributed by atoms with Gasteiger partial charge in [0.2, 0.25) is 0 Å². The van der Waals surface area contributed by atoms with Crippen molar-refractivity contribution in [3.8, 4) is 11.1 Å². The number of carbonyl (C=O) groups is 2. The molecular weight excluding hydrogens is 304 g/mol.